The Morgan fingerprint density at radius 1 is 0.815 bits per heavy atom. The standard InChI is InChI=1S/C43H51ClF3NO6/c1-3-4-5-6-7-8-9-10-11-12-13-14-15-16-17-18-40(50)51-30-52-42-37-28-38(44)33(29-49)27-39(37)48-31(2)41(42)32-19-21-34(22-20-32)53-35-23-25-36(26-24-35)54-43(45,46)47/h10-11,19-28,49H,3-9,12-18,29-30H2,1-2H3/b11-10+. The van der Waals surface area contributed by atoms with Gasteiger partial charge in [-0.1, -0.05) is 94.2 Å². The third-order valence-electron chi connectivity index (χ3n) is 8.96. The van der Waals surface area contributed by atoms with Gasteiger partial charge in [-0.25, -0.2) is 0 Å². The monoisotopic (exact) mass is 769 g/mol. The van der Waals surface area contributed by atoms with Crippen molar-refractivity contribution in [1.29, 1.82) is 0 Å². The first-order chi connectivity index (χ1) is 26.1. The van der Waals surface area contributed by atoms with Crippen LogP contribution in [0.2, 0.25) is 5.02 Å². The van der Waals surface area contributed by atoms with Crippen LogP contribution in [-0.4, -0.2) is 29.2 Å². The number of aliphatic hydroxyl groups is 1. The molecule has 7 nitrogen and oxygen atoms in total. The number of alkyl halides is 3. The normalized spacial score (nSPS) is 11.7. The minimum Gasteiger partial charge on any atom is -0.457 e. The van der Waals surface area contributed by atoms with Crippen molar-refractivity contribution in [2.45, 2.75) is 117 Å². The first-order valence-corrected chi connectivity index (χ1v) is 19.3. The molecular weight excluding hydrogens is 719 g/mol. The summed E-state index contributed by atoms with van der Waals surface area (Å²) in [5.74, 6) is 0.480. The largest absolute Gasteiger partial charge is 0.573 e. The van der Waals surface area contributed by atoms with Crippen LogP contribution in [0.25, 0.3) is 22.0 Å². The molecule has 4 aromatic rings. The molecule has 4 rings (SSSR count). The lowest BCUT2D eigenvalue weighted by Crippen LogP contribution is -2.16. The maximum absolute atomic E-state index is 12.6. The van der Waals surface area contributed by atoms with E-state index in [9.17, 15) is 23.1 Å². The zero-order chi connectivity index (χ0) is 38.8. The highest BCUT2D eigenvalue weighted by Crippen LogP contribution is 2.41. The summed E-state index contributed by atoms with van der Waals surface area (Å²) >= 11 is 6.48. The van der Waals surface area contributed by atoms with E-state index in [1.165, 1.54) is 69.2 Å². The SMILES string of the molecule is CCCCCCCC/C=C/CCCCCCCC(=O)OCOc1c(-c2ccc(Oc3ccc(OC(F)(F)F)cc3)cc2)c(C)nc2cc(CO)c(Cl)cc12. The van der Waals surface area contributed by atoms with E-state index in [1.807, 2.05) is 6.92 Å². The number of esters is 1. The number of aliphatic hydroxyl groups excluding tert-OH is 1. The first kappa shape index (κ1) is 42.5. The summed E-state index contributed by atoms with van der Waals surface area (Å²) in [6, 6.07) is 15.5. The molecule has 292 valence electrons. The molecule has 11 heteroatoms. The number of unbranched alkanes of at least 4 members (excludes halogenated alkanes) is 11. The van der Waals surface area contributed by atoms with Crippen LogP contribution >= 0.6 is 11.6 Å². The van der Waals surface area contributed by atoms with Crippen molar-refractivity contribution >= 4 is 28.5 Å². The number of nitrogens with zero attached hydrogens (tertiary/aromatic N) is 1. The van der Waals surface area contributed by atoms with Gasteiger partial charge in [0, 0.05) is 28.1 Å². The van der Waals surface area contributed by atoms with Gasteiger partial charge < -0.3 is 24.1 Å². The summed E-state index contributed by atoms with van der Waals surface area (Å²) in [5, 5.41) is 10.7. The molecule has 0 aliphatic rings. The highest BCUT2D eigenvalue weighted by Gasteiger charge is 2.31. The zero-order valence-electron chi connectivity index (χ0n) is 31.2. The molecule has 0 amide bonds. The molecule has 54 heavy (non-hydrogen) atoms. The smallest absolute Gasteiger partial charge is 0.457 e. The molecule has 0 unspecified atom stereocenters. The molecule has 0 aliphatic heterocycles. The highest BCUT2D eigenvalue weighted by atomic mass is 35.5. The number of fused-ring (bicyclic) bond motifs is 1. The van der Waals surface area contributed by atoms with Crippen LogP contribution in [0.4, 0.5) is 13.2 Å². The molecule has 1 heterocycles. The molecule has 0 radical (unpaired) electrons. The molecule has 0 aliphatic carbocycles. The van der Waals surface area contributed by atoms with Gasteiger partial charge in [-0.15, -0.1) is 13.2 Å². The van der Waals surface area contributed by atoms with E-state index in [4.69, 9.17) is 30.8 Å². The van der Waals surface area contributed by atoms with Gasteiger partial charge in [0.05, 0.1) is 12.1 Å². The van der Waals surface area contributed by atoms with Gasteiger partial charge >= 0.3 is 12.3 Å². The fraction of sp³-hybridized carbons (Fsp3) is 0.442. The number of hydrogen-bond donors (Lipinski definition) is 1. The number of ether oxygens (including phenoxy) is 4. The molecule has 0 saturated carbocycles. The highest BCUT2D eigenvalue weighted by molar-refractivity contribution is 6.32. The molecule has 3 aromatic carbocycles. The summed E-state index contributed by atoms with van der Waals surface area (Å²) in [6.45, 7) is 3.49. The molecule has 1 aromatic heterocycles. The van der Waals surface area contributed by atoms with E-state index >= 15 is 0 Å². The predicted octanol–water partition coefficient (Wildman–Crippen LogP) is 13.0. The summed E-state index contributed by atoms with van der Waals surface area (Å²) in [5.41, 5.74) is 3.05. The molecule has 0 spiro atoms. The van der Waals surface area contributed by atoms with Crippen LogP contribution in [0.3, 0.4) is 0 Å². The topological polar surface area (TPSA) is 87.1 Å². The Hall–Kier alpha value is -4.28. The van der Waals surface area contributed by atoms with Crippen molar-refractivity contribution in [3.8, 4) is 34.1 Å². The van der Waals surface area contributed by atoms with Crippen LogP contribution < -0.4 is 14.2 Å². The molecule has 0 atom stereocenters. The number of allylic oxidation sites excluding steroid dienone is 2. The van der Waals surface area contributed by atoms with Crippen molar-refractivity contribution in [3.05, 3.63) is 89.1 Å². The lowest BCUT2D eigenvalue weighted by Gasteiger charge is -2.18. The molecule has 1 N–H and O–H groups in total. The number of halogens is 4. The van der Waals surface area contributed by atoms with Gasteiger partial charge in [0.1, 0.15) is 23.0 Å². The second-order valence-corrected chi connectivity index (χ2v) is 13.7. The fourth-order valence-electron chi connectivity index (χ4n) is 6.13. The van der Waals surface area contributed by atoms with Gasteiger partial charge in [-0.3, -0.25) is 9.78 Å². The van der Waals surface area contributed by atoms with E-state index in [0.717, 1.165) is 44.1 Å². The van der Waals surface area contributed by atoms with Crippen LogP contribution in [0, 0.1) is 6.92 Å². The molecule has 0 fully saturated rings. The fourth-order valence-corrected chi connectivity index (χ4v) is 6.35. The Labute approximate surface area is 321 Å². The summed E-state index contributed by atoms with van der Waals surface area (Å²) < 4.78 is 58.9. The number of pyridine rings is 1. The van der Waals surface area contributed by atoms with Gasteiger partial charge in [-0.2, -0.15) is 0 Å². The third-order valence-corrected chi connectivity index (χ3v) is 9.31. The minimum absolute atomic E-state index is 0.263. The van der Waals surface area contributed by atoms with Crippen molar-refractivity contribution in [3.63, 3.8) is 0 Å². The van der Waals surface area contributed by atoms with Crippen LogP contribution in [0.5, 0.6) is 23.0 Å². The lowest BCUT2D eigenvalue weighted by atomic mass is 9.99. The third kappa shape index (κ3) is 14.2. The van der Waals surface area contributed by atoms with Crippen molar-refractivity contribution in [1.82, 2.24) is 4.98 Å². The predicted molar refractivity (Wildman–Crippen MR) is 207 cm³/mol. The Kier molecular flexibility index (Phi) is 17.4. The Bertz CT molecular complexity index is 1780. The van der Waals surface area contributed by atoms with Crippen molar-refractivity contribution in [2.24, 2.45) is 0 Å². The Morgan fingerprint density at radius 3 is 2.00 bits per heavy atom. The van der Waals surface area contributed by atoms with Gasteiger partial charge in [0.25, 0.3) is 0 Å². The van der Waals surface area contributed by atoms with E-state index < -0.39 is 6.36 Å². The van der Waals surface area contributed by atoms with E-state index in [-0.39, 0.29) is 25.1 Å². The second kappa shape index (κ2) is 22.2. The number of aryl methyl sites for hydroxylation is 1. The Morgan fingerprint density at radius 2 is 1.39 bits per heavy atom. The van der Waals surface area contributed by atoms with Crippen LogP contribution in [0.1, 0.15) is 108 Å². The van der Waals surface area contributed by atoms with E-state index in [2.05, 4.69) is 23.8 Å². The quantitative estimate of drug-likeness (QED) is 0.0348. The summed E-state index contributed by atoms with van der Waals surface area (Å²) in [7, 11) is 0. The van der Waals surface area contributed by atoms with Gasteiger partial charge in [-0.05, 0) is 98.7 Å². The maximum Gasteiger partial charge on any atom is 0.573 e. The second-order valence-electron chi connectivity index (χ2n) is 13.3. The van der Waals surface area contributed by atoms with Crippen LogP contribution in [0.15, 0.2) is 72.8 Å². The first-order valence-electron chi connectivity index (χ1n) is 18.9. The van der Waals surface area contributed by atoms with Crippen LogP contribution in [-0.2, 0) is 16.1 Å². The van der Waals surface area contributed by atoms with Crippen molar-refractivity contribution in [2.75, 3.05) is 6.79 Å². The summed E-state index contributed by atoms with van der Waals surface area (Å²) in [6.07, 6.45) is 15.4. The van der Waals surface area contributed by atoms with Crippen molar-refractivity contribution < 1.29 is 42.0 Å². The summed E-state index contributed by atoms with van der Waals surface area (Å²) in [4.78, 5) is 17.4. The molecule has 0 bridgehead atoms. The molecular formula is C43H51ClF3NO6. The average molecular weight is 770 g/mol. The number of carbonyl (C=O) groups excluding carboxylic acids is 1. The number of hydrogen-bond acceptors (Lipinski definition) is 7. The van der Waals surface area contributed by atoms with E-state index in [0.29, 0.717) is 56.4 Å². The zero-order valence-corrected chi connectivity index (χ0v) is 31.9. The van der Waals surface area contributed by atoms with Gasteiger partial charge in [0.2, 0.25) is 6.79 Å². The van der Waals surface area contributed by atoms with E-state index in [1.54, 1.807) is 36.4 Å². The lowest BCUT2D eigenvalue weighted by molar-refractivity contribution is -0.274. The number of aromatic nitrogens is 1. The maximum atomic E-state index is 12.6. The Balaban J connectivity index is 1.30. The number of rotatable bonds is 23. The molecule has 0 saturated heterocycles. The number of benzene rings is 3. The number of carbonyl (C=O) groups is 1. The van der Waals surface area contributed by atoms with Gasteiger partial charge in [0.15, 0.2) is 0 Å². The minimum atomic E-state index is -4.78. The average Bonchev–Trinajstić information content (AvgIpc) is 3.14.